The number of anilines is 1. The van der Waals surface area contributed by atoms with Crippen LogP contribution in [0.3, 0.4) is 0 Å². The molecule has 5 heteroatoms. The summed E-state index contributed by atoms with van der Waals surface area (Å²) in [6.45, 7) is 8.36. The molecule has 1 N–H and O–H groups in total. The summed E-state index contributed by atoms with van der Waals surface area (Å²) in [5.74, 6) is 2.34. The second kappa shape index (κ2) is 6.73. The van der Waals surface area contributed by atoms with Gasteiger partial charge in [0, 0.05) is 19.5 Å². The van der Waals surface area contributed by atoms with E-state index in [0.717, 1.165) is 50.4 Å². The highest BCUT2D eigenvalue weighted by Gasteiger charge is 2.16. The summed E-state index contributed by atoms with van der Waals surface area (Å²) in [5.41, 5.74) is 0. The van der Waals surface area contributed by atoms with Gasteiger partial charge >= 0.3 is 0 Å². The van der Waals surface area contributed by atoms with Crippen LogP contribution in [0, 0.1) is 5.92 Å². The zero-order valence-electron chi connectivity index (χ0n) is 11.5. The van der Waals surface area contributed by atoms with Crippen LogP contribution in [0.2, 0.25) is 0 Å². The molecule has 0 amide bonds. The molecule has 5 nitrogen and oxygen atoms in total. The molecule has 1 aliphatic heterocycles. The molecule has 0 unspecified atom stereocenters. The Hall–Kier alpha value is -1.10. The lowest BCUT2D eigenvalue weighted by Crippen LogP contribution is -2.27. The van der Waals surface area contributed by atoms with Gasteiger partial charge < -0.3 is 14.7 Å². The van der Waals surface area contributed by atoms with Crippen molar-refractivity contribution in [2.75, 3.05) is 31.1 Å². The maximum absolute atomic E-state index is 5.32. The molecule has 18 heavy (non-hydrogen) atoms. The largest absolute Gasteiger partial charge is 0.339 e. The SMILES string of the molecule is CCN(CC)c1noc(CCC2CCNCC2)n1. The van der Waals surface area contributed by atoms with Gasteiger partial charge in [-0.1, -0.05) is 0 Å². The van der Waals surface area contributed by atoms with Gasteiger partial charge in [-0.05, 0) is 57.3 Å². The van der Waals surface area contributed by atoms with E-state index in [0.29, 0.717) is 0 Å². The highest BCUT2D eigenvalue weighted by Crippen LogP contribution is 2.19. The van der Waals surface area contributed by atoms with E-state index >= 15 is 0 Å². The van der Waals surface area contributed by atoms with Crippen molar-refractivity contribution in [2.45, 2.75) is 39.5 Å². The fraction of sp³-hybridized carbons (Fsp3) is 0.846. The fourth-order valence-corrected chi connectivity index (χ4v) is 2.48. The molecule has 2 rings (SSSR count). The van der Waals surface area contributed by atoms with E-state index in [1.807, 2.05) is 0 Å². The van der Waals surface area contributed by atoms with Crippen molar-refractivity contribution in [2.24, 2.45) is 5.92 Å². The molecule has 0 bridgehead atoms. The molecule has 1 aromatic rings. The number of hydrogen-bond acceptors (Lipinski definition) is 5. The molecule has 0 radical (unpaired) electrons. The number of aryl methyl sites for hydroxylation is 1. The van der Waals surface area contributed by atoms with Crippen LogP contribution in [0.15, 0.2) is 4.52 Å². The predicted molar refractivity (Wildman–Crippen MR) is 71.8 cm³/mol. The summed E-state index contributed by atoms with van der Waals surface area (Å²) >= 11 is 0. The number of nitrogens with zero attached hydrogens (tertiary/aromatic N) is 3. The van der Waals surface area contributed by atoms with Gasteiger partial charge in [-0.15, -0.1) is 0 Å². The Bertz CT molecular complexity index is 343. The third-order valence-corrected chi connectivity index (χ3v) is 3.73. The Kier molecular flexibility index (Phi) is 4.99. The molecule has 0 aliphatic carbocycles. The van der Waals surface area contributed by atoms with Gasteiger partial charge in [0.25, 0.3) is 5.95 Å². The minimum Gasteiger partial charge on any atom is -0.339 e. The molecule has 0 atom stereocenters. The first kappa shape index (κ1) is 13.3. The van der Waals surface area contributed by atoms with E-state index in [-0.39, 0.29) is 0 Å². The van der Waals surface area contributed by atoms with Crippen molar-refractivity contribution in [3.8, 4) is 0 Å². The second-order valence-corrected chi connectivity index (χ2v) is 4.89. The lowest BCUT2D eigenvalue weighted by Gasteiger charge is -2.21. The number of aromatic nitrogens is 2. The van der Waals surface area contributed by atoms with E-state index < -0.39 is 0 Å². The number of hydrogen-bond donors (Lipinski definition) is 1. The summed E-state index contributed by atoms with van der Waals surface area (Å²) in [6, 6.07) is 0. The van der Waals surface area contributed by atoms with Gasteiger partial charge in [-0.25, -0.2) is 0 Å². The van der Waals surface area contributed by atoms with Crippen LogP contribution in [0.4, 0.5) is 5.95 Å². The van der Waals surface area contributed by atoms with Crippen molar-refractivity contribution in [1.29, 1.82) is 0 Å². The average molecular weight is 252 g/mol. The molecular weight excluding hydrogens is 228 g/mol. The van der Waals surface area contributed by atoms with Crippen molar-refractivity contribution in [1.82, 2.24) is 15.5 Å². The molecule has 1 saturated heterocycles. The maximum Gasteiger partial charge on any atom is 0.266 e. The zero-order valence-corrected chi connectivity index (χ0v) is 11.5. The summed E-state index contributed by atoms with van der Waals surface area (Å²) in [5, 5.41) is 7.44. The summed E-state index contributed by atoms with van der Waals surface area (Å²) in [7, 11) is 0. The van der Waals surface area contributed by atoms with Gasteiger partial charge in [0.15, 0.2) is 0 Å². The van der Waals surface area contributed by atoms with Crippen LogP contribution in [-0.4, -0.2) is 36.3 Å². The van der Waals surface area contributed by atoms with Gasteiger partial charge in [0.1, 0.15) is 0 Å². The molecule has 102 valence electrons. The monoisotopic (exact) mass is 252 g/mol. The fourth-order valence-electron chi connectivity index (χ4n) is 2.48. The number of nitrogens with one attached hydrogen (secondary N) is 1. The standard InChI is InChI=1S/C13H24N4O/c1-3-17(4-2)13-15-12(18-16-13)6-5-11-7-9-14-10-8-11/h11,14H,3-10H2,1-2H3. The smallest absolute Gasteiger partial charge is 0.266 e. The van der Waals surface area contributed by atoms with Gasteiger partial charge in [0.2, 0.25) is 5.89 Å². The van der Waals surface area contributed by atoms with Gasteiger partial charge in [0.05, 0.1) is 0 Å². The topological polar surface area (TPSA) is 54.2 Å². The van der Waals surface area contributed by atoms with Crippen molar-refractivity contribution in [3.63, 3.8) is 0 Å². The van der Waals surface area contributed by atoms with Crippen molar-refractivity contribution in [3.05, 3.63) is 5.89 Å². The van der Waals surface area contributed by atoms with Crippen molar-refractivity contribution < 1.29 is 4.52 Å². The van der Waals surface area contributed by atoms with Crippen LogP contribution in [0.5, 0.6) is 0 Å². The first-order chi connectivity index (χ1) is 8.83. The van der Waals surface area contributed by atoms with E-state index in [9.17, 15) is 0 Å². The van der Waals surface area contributed by atoms with Crippen LogP contribution in [0.1, 0.15) is 39.0 Å². The molecule has 0 spiro atoms. The van der Waals surface area contributed by atoms with E-state index in [4.69, 9.17) is 4.52 Å². The third-order valence-electron chi connectivity index (χ3n) is 3.73. The molecule has 1 fully saturated rings. The highest BCUT2D eigenvalue weighted by molar-refractivity contribution is 5.26. The molecule has 1 aliphatic rings. The minimum absolute atomic E-state index is 0.736. The molecule has 0 saturated carbocycles. The lowest BCUT2D eigenvalue weighted by atomic mass is 9.93. The Morgan fingerprint density at radius 2 is 2.00 bits per heavy atom. The quantitative estimate of drug-likeness (QED) is 0.837. The van der Waals surface area contributed by atoms with E-state index in [2.05, 4.69) is 34.2 Å². The van der Waals surface area contributed by atoms with Crippen LogP contribution in [-0.2, 0) is 6.42 Å². The third kappa shape index (κ3) is 3.45. The second-order valence-electron chi connectivity index (χ2n) is 4.89. The van der Waals surface area contributed by atoms with E-state index in [1.54, 1.807) is 0 Å². The van der Waals surface area contributed by atoms with E-state index in [1.165, 1.54) is 19.3 Å². The molecular formula is C13H24N4O. The Labute approximate surface area is 109 Å². The first-order valence-electron chi connectivity index (χ1n) is 7.11. The van der Waals surface area contributed by atoms with Crippen LogP contribution in [0.25, 0.3) is 0 Å². The van der Waals surface area contributed by atoms with Crippen LogP contribution >= 0.6 is 0 Å². The van der Waals surface area contributed by atoms with Gasteiger partial charge in [-0.2, -0.15) is 4.98 Å². The predicted octanol–water partition coefficient (Wildman–Crippen LogP) is 1.85. The lowest BCUT2D eigenvalue weighted by molar-refractivity contribution is 0.324. The summed E-state index contributed by atoms with van der Waals surface area (Å²) in [4.78, 5) is 6.58. The summed E-state index contributed by atoms with van der Waals surface area (Å²) < 4.78 is 5.32. The minimum atomic E-state index is 0.736. The Balaban J connectivity index is 1.82. The molecule has 1 aromatic heterocycles. The maximum atomic E-state index is 5.32. The van der Waals surface area contributed by atoms with Crippen molar-refractivity contribution >= 4 is 5.95 Å². The number of rotatable bonds is 6. The Morgan fingerprint density at radius 3 is 2.67 bits per heavy atom. The Morgan fingerprint density at radius 1 is 1.28 bits per heavy atom. The van der Waals surface area contributed by atoms with Crippen LogP contribution < -0.4 is 10.2 Å². The highest BCUT2D eigenvalue weighted by atomic mass is 16.5. The molecule has 2 heterocycles. The number of piperidine rings is 1. The first-order valence-corrected chi connectivity index (χ1v) is 7.11. The molecule has 0 aromatic carbocycles. The van der Waals surface area contributed by atoms with Gasteiger partial charge in [-0.3, -0.25) is 0 Å². The average Bonchev–Trinajstić information content (AvgIpc) is 2.88. The normalized spacial score (nSPS) is 17.0. The summed E-state index contributed by atoms with van der Waals surface area (Å²) in [6.07, 6.45) is 4.63. The zero-order chi connectivity index (χ0) is 12.8.